The number of hydrogen-bond acceptors (Lipinski definition) is 9. The number of amides is 1. The second kappa shape index (κ2) is 9.59. The van der Waals surface area contributed by atoms with Crippen LogP contribution in [0, 0.1) is 5.82 Å². The first-order chi connectivity index (χ1) is 15.8. The zero-order valence-corrected chi connectivity index (χ0v) is 19.4. The first-order valence-corrected chi connectivity index (χ1v) is 11.3. The molecule has 9 nitrogen and oxygen atoms in total. The van der Waals surface area contributed by atoms with Gasteiger partial charge in [0.1, 0.15) is 5.75 Å². The van der Waals surface area contributed by atoms with Crippen molar-refractivity contribution in [2.24, 2.45) is 0 Å². The Kier molecular flexibility index (Phi) is 6.61. The molecule has 3 heterocycles. The summed E-state index contributed by atoms with van der Waals surface area (Å²) in [7, 11) is 1.51. The quantitative estimate of drug-likeness (QED) is 0.432. The maximum Gasteiger partial charge on any atom is 0.265 e. The Morgan fingerprint density at radius 2 is 2.03 bits per heavy atom. The lowest BCUT2D eigenvalue weighted by molar-refractivity contribution is 0.103. The molecule has 0 spiro atoms. The Morgan fingerprint density at radius 3 is 2.70 bits per heavy atom. The Morgan fingerprint density at radius 1 is 1.27 bits per heavy atom. The highest BCUT2D eigenvalue weighted by Gasteiger charge is 2.24. The fraction of sp³-hybridized carbons (Fsp3) is 0.318. The molecular formula is C22H26FN7O2S. The summed E-state index contributed by atoms with van der Waals surface area (Å²) in [6.07, 6.45) is 1.16. The van der Waals surface area contributed by atoms with Crippen molar-refractivity contribution >= 4 is 45.4 Å². The lowest BCUT2D eigenvalue weighted by Gasteiger charge is -2.36. The van der Waals surface area contributed by atoms with E-state index < -0.39 is 5.82 Å². The molecule has 174 valence electrons. The molecule has 3 aromatic rings. The van der Waals surface area contributed by atoms with Gasteiger partial charge in [0.05, 0.1) is 28.9 Å². The summed E-state index contributed by atoms with van der Waals surface area (Å²) in [5, 5.41) is 9.80. The molecular weight excluding hydrogens is 445 g/mol. The third-order valence-corrected chi connectivity index (χ3v) is 6.05. The van der Waals surface area contributed by atoms with Crippen LogP contribution < -0.4 is 31.3 Å². The molecule has 1 aliphatic heterocycles. The molecule has 0 radical (unpaired) electrons. The first-order valence-electron chi connectivity index (χ1n) is 10.5. The van der Waals surface area contributed by atoms with E-state index in [0.717, 1.165) is 19.3 Å². The number of carbonyl (C=O) groups excluding carboxylic acids is 1. The van der Waals surface area contributed by atoms with Gasteiger partial charge < -0.3 is 31.3 Å². The summed E-state index contributed by atoms with van der Waals surface area (Å²) in [5.74, 6) is 0.0739. The Balaban J connectivity index is 1.56. The topological polar surface area (TPSA) is 117 Å². The molecule has 1 aromatic carbocycles. The van der Waals surface area contributed by atoms with Gasteiger partial charge in [0.15, 0.2) is 11.6 Å². The van der Waals surface area contributed by atoms with Gasteiger partial charge in [-0.25, -0.2) is 9.37 Å². The molecule has 2 atom stereocenters. The summed E-state index contributed by atoms with van der Waals surface area (Å²) in [6, 6.07) is 8.91. The van der Waals surface area contributed by atoms with Crippen LogP contribution in [0.2, 0.25) is 0 Å². The van der Waals surface area contributed by atoms with Gasteiger partial charge in [0.2, 0.25) is 5.95 Å². The van der Waals surface area contributed by atoms with E-state index in [-0.39, 0.29) is 23.8 Å². The molecule has 33 heavy (non-hydrogen) atoms. The van der Waals surface area contributed by atoms with Gasteiger partial charge in [0, 0.05) is 30.9 Å². The van der Waals surface area contributed by atoms with Crippen molar-refractivity contribution in [3.63, 3.8) is 0 Å². The number of nitrogens with two attached hydrogens (primary N) is 1. The highest BCUT2D eigenvalue weighted by Crippen LogP contribution is 2.31. The number of benzene rings is 1. The van der Waals surface area contributed by atoms with E-state index in [1.807, 2.05) is 4.90 Å². The van der Waals surface area contributed by atoms with Crippen molar-refractivity contribution in [2.75, 3.05) is 41.5 Å². The SMILES string of the molecule is COc1ccc(Nc2nc(N3C[C@@H](C)N[C@@H](C)C3)ncc2F)cc1NC(=O)c1ccc(N)s1. The monoisotopic (exact) mass is 471 g/mol. The van der Waals surface area contributed by atoms with Crippen LogP contribution in [0.25, 0.3) is 0 Å². The minimum atomic E-state index is -0.578. The van der Waals surface area contributed by atoms with Crippen molar-refractivity contribution in [1.82, 2.24) is 15.3 Å². The Labute approximate surface area is 195 Å². The molecule has 11 heteroatoms. The van der Waals surface area contributed by atoms with Crippen molar-refractivity contribution in [2.45, 2.75) is 25.9 Å². The highest BCUT2D eigenvalue weighted by atomic mass is 32.1. The number of nitrogens with one attached hydrogen (secondary N) is 3. The van der Waals surface area contributed by atoms with Gasteiger partial charge in [-0.05, 0) is 44.2 Å². The Bertz CT molecular complexity index is 1150. The number of carbonyl (C=O) groups is 1. The molecule has 5 N–H and O–H groups in total. The number of rotatable bonds is 6. The largest absolute Gasteiger partial charge is 0.495 e. The summed E-state index contributed by atoms with van der Waals surface area (Å²) in [6.45, 7) is 5.62. The fourth-order valence-corrected chi connectivity index (χ4v) is 4.44. The number of thiophene rings is 1. The molecule has 0 bridgehead atoms. The van der Waals surface area contributed by atoms with Gasteiger partial charge in [-0.2, -0.15) is 4.98 Å². The third-order valence-electron chi connectivity index (χ3n) is 5.13. The molecule has 0 unspecified atom stereocenters. The predicted octanol–water partition coefficient (Wildman–Crippen LogP) is 3.45. The molecule has 2 aromatic heterocycles. The van der Waals surface area contributed by atoms with E-state index in [4.69, 9.17) is 10.5 Å². The summed E-state index contributed by atoms with van der Waals surface area (Å²) >= 11 is 1.19. The predicted molar refractivity (Wildman–Crippen MR) is 129 cm³/mol. The van der Waals surface area contributed by atoms with Gasteiger partial charge in [-0.1, -0.05) is 0 Å². The fourth-order valence-electron chi connectivity index (χ4n) is 3.77. The average molecular weight is 472 g/mol. The number of piperazine rings is 1. The number of aromatic nitrogens is 2. The van der Waals surface area contributed by atoms with E-state index in [9.17, 15) is 9.18 Å². The zero-order chi connectivity index (χ0) is 23.5. The minimum Gasteiger partial charge on any atom is -0.495 e. The summed E-state index contributed by atoms with van der Waals surface area (Å²) in [4.78, 5) is 23.7. The van der Waals surface area contributed by atoms with Crippen LogP contribution in [-0.4, -0.2) is 48.2 Å². The number of hydrogen-bond donors (Lipinski definition) is 4. The molecule has 1 amide bonds. The standard InChI is InChI=1S/C22H26FN7O2S/c1-12-10-30(11-13(2)26-12)22-25-9-15(23)20(29-22)27-14-4-5-17(32-3)16(8-14)28-21(31)18-6-7-19(24)33-18/h4-9,12-13,26H,10-11,24H2,1-3H3,(H,28,31)(H,25,27,29)/t12-,13+. The lowest BCUT2D eigenvalue weighted by atomic mass is 10.1. The van der Waals surface area contributed by atoms with Gasteiger partial charge in [-0.3, -0.25) is 4.79 Å². The second-order valence-electron chi connectivity index (χ2n) is 7.94. The maximum absolute atomic E-state index is 14.5. The molecule has 1 aliphatic rings. The summed E-state index contributed by atoms with van der Waals surface area (Å²) < 4.78 is 19.9. The van der Waals surface area contributed by atoms with E-state index >= 15 is 0 Å². The van der Waals surface area contributed by atoms with Crippen molar-refractivity contribution in [1.29, 1.82) is 0 Å². The van der Waals surface area contributed by atoms with Crippen LogP contribution in [0.3, 0.4) is 0 Å². The average Bonchev–Trinajstić information content (AvgIpc) is 3.21. The second-order valence-corrected chi connectivity index (χ2v) is 9.05. The van der Waals surface area contributed by atoms with Crippen LogP contribution >= 0.6 is 11.3 Å². The zero-order valence-electron chi connectivity index (χ0n) is 18.6. The van der Waals surface area contributed by atoms with Crippen LogP contribution in [-0.2, 0) is 0 Å². The number of methoxy groups -OCH3 is 1. The van der Waals surface area contributed by atoms with Crippen molar-refractivity contribution in [3.8, 4) is 5.75 Å². The lowest BCUT2D eigenvalue weighted by Crippen LogP contribution is -2.54. The van der Waals surface area contributed by atoms with Crippen LogP contribution in [0.15, 0.2) is 36.5 Å². The van der Waals surface area contributed by atoms with Crippen molar-refractivity contribution < 1.29 is 13.9 Å². The third kappa shape index (κ3) is 5.32. The number of anilines is 5. The maximum atomic E-state index is 14.5. The van der Waals surface area contributed by atoms with Gasteiger partial charge in [0.25, 0.3) is 5.91 Å². The van der Waals surface area contributed by atoms with E-state index in [1.165, 1.54) is 18.4 Å². The Hall–Kier alpha value is -3.44. The molecule has 4 rings (SSSR count). The molecule has 1 fully saturated rings. The van der Waals surface area contributed by atoms with E-state index in [2.05, 4.69) is 39.8 Å². The summed E-state index contributed by atoms with van der Waals surface area (Å²) in [5.41, 5.74) is 6.68. The number of nitrogen functional groups attached to an aromatic ring is 1. The molecule has 1 saturated heterocycles. The first kappa shape index (κ1) is 22.7. The number of ether oxygens (including phenoxy) is 1. The van der Waals surface area contributed by atoms with Crippen LogP contribution in [0.1, 0.15) is 23.5 Å². The molecule has 0 aliphatic carbocycles. The molecule has 0 saturated carbocycles. The smallest absolute Gasteiger partial charge is 0.265 e. The number of nitrogens with zero attached hydrogens (tertiary/aromatic N) is 3. The normalized spacial score (nSPS) is 18.1. The number of halogens is 1. The highest BCUT2D eigenvalue weighted by molar-refractivity contribution is 7.17. The van der Waals surface area contributed by atoms with E-state index in [1.54, 1.807) is 30.3 Å². The van der Waals surface area contributed by atoms with Gasteiger partial charge in [-0.15, -0.1) is 11.3 Å². The minimum absolute atomic E-state index is 0.0484. The van der Waals surface area contributed by atoms with Gasteiger partial charge >= 0.3 is 0 Å². The van der Waals surface area contributed by atoms with E-state index in [0.29, 0.717) is 33.0 Å². The van der Waals surface area contributed by atoms with Crippen molar-refractivity contribution in [3.05, 3.63) is 47.2 Å². The van der Waals surface area contributed by atoms with Crippen LogP contribution in [0.5, 0.6) is 5.75 Å². The van der Waals surface area contributed by atoms with Crippen LogP contribution in [0.4, 0.5) is 32.5 Å².